The molecule has 0 fully saturated rings. The summed E-state index contributed by atoms with van der Waals surface area (Å²) in [5, 5.41) is 12.2. The number of carbonyl (C=O) groups is 3. The zero-order valence-corrected chi connectivity index (χ0v) is 18.1. The third kappa shape index (κ3) is 4.36. The summed E-state index contributed by atoms with van der Waals surface area (Å²) in [5.41, 5.74) is 0.840. The van der Waals surface area contributed by atoms with Crippen molar-refractivity contribution < 1.29 is 28.6 Å². The Morgan fingerprint density at radius 1 is 1.26 bits per heavy atom. The first-order chi connectivity index (χ1) is 14.8. The Hall–Kier alpha value is -3.84. The lowest BCUT2D eigenvalue weighted by molar-refractivity contribution is -0.112. The molecule has 0 saturated carbocycles. The van der Waals surface area contributed by atoms with E-state index in [1.807, 2.05) is 6.07 Å². The van der Waals surface area contributed by atoms with Gasteiger partial charge in [-0.1, -0.05) is 6.07 Å². The van der Waals surface area contributed by atoms with Crippen LogP contribution in [0.3, 0.4) is 0 Å². The number of methoxy groups -OCH3 is 1. The molecule has 10 heteroatoms. The van der Waals surface area contributed by atoms with Gasteiger partial charge in [-0.2, -0.15) is 5.26 Å². The highest BCUT2D eigenvalue weighted by molar-refractivity contribution is 7.18. The molecule has 0 spiro atoms. The molecule has 31 heavy (non-hydrogen) atoms. The van der Waals surface area contributed by atoms with Gasteiger partial charge in [0.15, 0.2) is 11.5 Å². The predicted molar refractivity (Wildman–Crippen MR) is 113 cm³/mol. The molecule has 1 aromatic carbocycles. The van der Waals surface area contributed by atoms with Crippen molar-refractivity contribution in [3.63, 3.8) is 0 Å². The molecule has 1 aliphatic rings. The van der Waals surface area contributed by atoms with Crippen LogP contribution < -0.4 is 14.8 Å². The molecule has 9 nitrogen and oxygen atoms in total. The van der Waals surface area contributed by atoms with Crippen LogP contribution in [0.4, 0.5) is 5.00 Å². The molecule has 0 atom stereocenters. The van der Waals surface area contributed by atoms with E-state index in [4.69, 9.17) is 14.2 Å². The largest absolute Gasteiger partial charge is 0.465 e. The Morgan fingerprint density at radius 3 is 2.61 bits per heavy atom. The van der Waals surface area contributed by atoms with Crippen molar-refractivity contribution in [3.8, 4) is 17.6 Å². The van der Waals surface area contributed by atoms with Gasteiger partial charge < -0.3 is 24.4 Å². The number of carbonyl (C=O) groups excluding carboxylic acids is 3. The lowest BCUT2D eigenvalue weighted by atomic mass is 10.1. The summed E-state index contributed by atoms with van der Waals surface area (Å²) in [6.07, 6.45) is 1.39. The number of hydrogen-bond acceptors (Lipinski definition) is 8. The van der Waals surface area contributed by atoms with E-state index < -0.39 is 11.9 Å². The van der Waals surface area contributed by atoms with Crippen LogP contribution in [-0.2, 0) is 9.53 Å². The molecule has 0 saturated heterocycles. The number of anilines is 1. The van der Waals surface area contributed by atoms with Gasteiger partial charge >= 0.3 is 5.97 Å². The van der Waals surface area contributed by atoms with E-state index in [9.17, 15) is 19.6 Å². The fraction of sp³-hybridized carbons (Fsp3) is 0.238. The van der Waals surface area contributed by atoms with E-state index in [1.165, 1.54) is 18.1 Å². The maximum absolute atomic E-state index is 12.8. The summed E-state index contributed by atoms with van der Waals surface area (Å²) in [7, 11) is 4.37. The highest BCUT2D eigenvalue weighted by atomic mass is 32.1. The fourth-order valence-electron chi connectivity index (χ4n) is 2.85. The Labute approximate surface area is 182 Å². The summed E-state index contributed by atoms with van der Waals surface area (Å²) in [4.78, 5) is 39.1. The van der Waals surface area contributed by atoms with E-state index in [0.717, 1.165) is 11.3 Å². The summed E-state index contributed by atoms with van der Waals surface area (Å²) < 4.78 is 15.4. The van der Waals surface area contributed by atoms with Crippen molar-refractivity contribution in [2.75, 3.05) is 33.3 Å². The van der Waals surface area contributed by atoms with Gasteiger partial charge in [0.05, 0.1) is 17.6 Å². The van der Waals surface area contributed by atoms with Gasteiger partial charge in [0.25, 0.3) is 11.8 Å². The molecule has 1 aliphatic heterocycles. The van der Waals surface area contributed by atoms with Gasteiger partial charge in [-0.3, -0.25) is 9.59 Å². The summed E-state index contributed by atoms with van der Waals surface area (Å²) >= 11 is 0.948. The number of fused-ring (bicyclic) bond motifs is 1. The topological polar surface area (TPSA) is 118 Å². The van der Waals surface area contributed by atoms with Crippen molar-refractivity contribution in [1.29, 1.82) is 5.26 Å². The van der Waals surface area contributed by atoms with E-state index in [2.05, 4.69) is 5.32 Å². The molecule has 2 heterocycles. The number of benzene rings is 1. The smallest absolute Gasteiger partial charge is 0.341 e. The van der Waals surface area contributed by atoms with Crippen LogP contribution >= 0.6 is 11.3 Å². The minimum Gasteiger partial charge on any atom is -0.465 e. The van der Waals surface area contributed by atoms with Crippen molar-refractivity contribution in [1.82, 2.24) is 4.90 Å². The average Bonchev–Trinajstić information content (AvgIpc) is 3.34. The number of ether oxygens (including phenoxy) is 3. The van der Waals surface area contributed by atoms with Crippen LogP contribution in [-0.4, -0.2) is 50.7 Å². The van der Waals surface area contributed by atoms with Crippen LogP contribution in [0.1, 0.15) is 31.2 Å². The first kappa shape index (κ1) is 21.9. The molecule has 0 unspecified atom stereocenters. The van der Waals surface area contributed by atoms with Crippen molar-refractivity contribution in [2.45, 2.75) is 6.92 Å². The molecule has 2 amide bonds. The minimum absolute atomic E-state index is 0.0754. The highest BCUT2D eigenvalue weighted by Crippen LogP contribution is 2.35. The minimum atomic E-state index is -0.726. The number of thiophene rings is 1. The normalized spacial score (nSPS) is 12.2. The Morgan fingerprint density at radius 2 is 1.97 bits per heavy atom. The number of nitriles is 1. The second kappa shape index (κ2) is 8.89. The Balaban J connectivity index is 1.94. The van der Waals surface area contributed by atoms with Gasteiger partial charge in [0, 0.05) is 14.1 Å². The molecular formula is C21H19N3O6S. The molecule has 1 aromatic heterocycles. The molecule has 2 aromatic rings. The molecule has 3 rings (SSSR count). The molecule has 1 N–H and O–H groups in total. The molecule has 0 bridgehead atoms. The lowest BCUT2D eigenvalue weighted by Crippen LogP contribution is -2.21. The van der Waals surface area contributed by atoms with Crippen LogP contribution in [0.25, 0.3) is 6.08 Å². The van der Waals surface area contributed by atoms with Gasteiger partial charge in [-0.25, -0.2) is 4.79 Å². The number of nitrogens with zero attached hydrogens (tertiary/aromatic N) is 2. The third-order valence-electron chi connectivity index (χ3n) is 4.44. The van der Waals surface area contributed by atoms with Crippen LogP contribution in [0.15, 0.2) is 23.8 Å². The number of amides is 2. The fourth-order valence-corrected chi connectivity index (χ4v) is 4.06. The third-order valence-corrected chi connectivity index (χ3v) is 5.63. The van der Waals surface area contributed by atoms with E-state index >= 15 is 0 Å². The van der Waals surface area contributed by atoms with Crippen LogP contribution in [0.5, 0.6) is 11.5 Å². The zero-order valence-electron chi connectivity index (χ0n) is 17.3. The number of hydrogen-bond donors (Lipinski definition) is 1. The molecular weight excluding hydrogens is 422 g/mol. The van der Waals surface area contributed by atoms with E-state index in [-0.39, 0.29) is 28.8 Å². The summed E-state index contributed by atoms with van der Waals surface area (Å²) in [6, 6.07) is 6.86. The number of nitrogens with one attached hydrogen (secondary N) is 1. The van der Waals surface area contributed by atoms with E-state index in [0.29, 0.717) is 27.5 Å². The first-order valence-corrected chi connectivity index (χ1v) is 9.84. The Bertz CT molecular complexity index is 1140. The molecule has 0 aliphatic carbocycles. The maximum atomic E-state index is 12.8. The molecule has 160 valence electrons. The van der Waals surface area contributed by atoms with Crippen molar-refractivity contribution >= 4 is 40.2 Å². The standard InChI is InChI=1S/C21H19N3O6S/c1-11-16(21(27)28-4)19(31-17(11)20(26)24(2)3)23-18(25)13(9-22)7-12-5-6-14-15(8-12)30-10-29-14/h5-8H,10H2,1-4H3,(H,23,25). The number of esters is 1. The summed E-state index contributed by atoms with van der Waals surface area (Å²) in [6.45, 7) is 1.71. The zero-order chi connectivity index (χ0) is 22.7. The summed E-state index contributed by atoms with van der Waals surface area (Å²) in [5.74, 6) is -0.643. The van der Waals surface area contributed by atoms with Gasteiger partial charge in [-0.15, -0.1) is 11.3 Å². The van der Waals surface area contributed by atoms with Crippen molar-refractivity contribution in [2.24, 2.45) is 0 Å². The quantitative estimate of drug-likeness (QED) is 0.431. The van der Waals surface area contributed by atoms with Crippen molar-refractivity contribution in [3.05, 3.63) is 45.3 Å². The van der Waals surface area contributed by atoms with Gasteiger partial charge in [0.2, 0.25) is 6.79 Å². The Kier molecular flexibility index (Phi) is 6.27. The van der Waals surface area contributed by atoms with E-state index in [1.54, 1.807) is 39.2 Å². The predicted octanol–water partition coefficient (Wildman–Crippen LogP) is 2.82. The molecule has 0 radical (unpaired) electrons. The monoisotopic (exact) mass is 441 g/mol. The lowest BCUT2D eigenvalue weighted by Gasteiger charge is -2.08. The second-order valence-electron chi connectivity index (χ2n) is 6.69. The van der Waals surface area contributed by atoms with Crippen LogP contribution in [0.2, 0.25) is 0 Å². The SMILES string of the molecule is COC(=O)c1c(NC(=O)C(C#N)=Cc2ccc3c(c2)OCO3)sc(C(=O)N(C)C)c1C. The average molecular weight is 441 g/mol. The van der Waals surface area contributed by atoms with Gasteiger partial charge in [-0.05, 0) is 36.3 Å². The number of rotatable bonds is 5. The van der Waals surface area contributed by atoms with Gasteiger partial charge in [0.1, 0.15) is 16.6 Å². The second-order valence-corrected chi connectivity index (χ2v) is 7.71. The highest BCUT2D eigenvalue weighted by Gasteiger charge is 2.27. The first-order valence-electron chi connectivity index (χ1n) is 9.03. The maximum Gasteiger partial charge on any atom is 0.341 e. The van der Waals surface area contributed by atoms with Crippen LogP contribution in [0, 0.1) is 18.3 Å².